The molecule has 4 nitrogen and oxygen atoms in total. The van der Waals surface area contributed by atoms with Crippen LogP contribution in [0.15, 0.2) is 133 Å². The summed E-state index contributed by atoms with van der Waals surface area (Å²) in [6.07, 6.45) is 6.10. The van der Waals surface area contributed by atoms with Crippen LogP contribution < -0.4 is 11.5 Å². The van der Waals surface area contributed by atoms with E-state index in [0.717, 1.165) is 55.4 Å². The first-order chi connectivity index (χ1) is 19.8. The first kappa shape index (κ1) is 23.9. The molecule has 0 atom stereocenters. The van der Waals surface area contributed by atoms with Gasteiger partial charge in [-0.25, -0.2) is 4.98 Å². The first-order valence-corrected chi connectivity index (χ1v) is 13.5. The molecule has 0 aliphatic heterocycles. The summed E-state index contributed by atoms with van der Waals surface area (Å²) in [5.41, 5.74) is 22.6. The number of nitrogen functional groups attached to an aromatic ring is 1. The monoisotopic (exact) mass is 516 g/mol. The Morgan fingerprint density at radius 3 is 2.20 bits per heavy atom. The quantitative estimate of drug-likeness (QED) is 0.138. The maximum atomic E-state index is 7.01. The van der Waals surface area contributed by atoms with E-state index in [1.807, 2.05) is 18.2 Å². The Balaban J connectivity index is 1.51. The topological polar surface area (TPSA) is 69.3 Å². The number of para-hydroxylation sites is 1. The summed E-state index contributed by atoms with van der Waals surface area (Å²) in [5.74, 6) is 0. The van der Waals surface area contributed by atoms with Crippen molar-refractivity contribution in [2.45, 2.75) is 0 Å². The number of allylic oxidation sites excluding steroid dienone is 2. The molecule has 4 N–H and O–H groups in total. The first-order valence-electron chi connectivity index (χ1n) is 13.5. The molecule has 0 radical (unpaired) electrons. The van der Waals surface area contributed by atoms with Gasteiger partial charge in [0.1, 0.15) is 11.2 Å². The molecule has 0 aliphatic carbocycles. The van der Waals surface area contributed by atoms with Gasteiger partial charge in [0.05, 0.1) is 16.7 Å². The zero-order chi connectivity index (χ0) is 27.1. The molecule has 0 unspecified atom stereocenters. The third kappa shape index (κ3) is 3.77. The highest BCUT2D eigenvalue weighted by atomic mass is 15.0. The van der Waals surface area contributed by atoms with E-state index in [4.69, 9.17) is 16.5 Å². The average Bonchev–Trinajstić information content (AvgIpc) is 3.42. The predicted octanol–water partition coefficient (Wildman–Crippen LogP) is 7.99. The van der Waals surface area contributed by atoms with Gasteiger partial charge in [-0.2, -0.15) is 0 Å². The van der Waals surface area contributed by atoms with E-state index in [-0.39, 0.29) is 0 Å². The van der Waals surface area contributed by atoms with Gasteiger partial charge in [-0.15, -0.1) is 0 Å². The van der Waals surface area contributed by atoms with E-state index in [1.54, 1.807) is 0 Å². The number of fused-ring (bicyclic) bond motifs is 8. The van der Waals surface area contributed by atoms with Gasteiger partial charge in [-0.3, -0.25) is 4.40 Å². The lowest BCUT2D eigenvalue weighted by molar-refractivity contribution is 1.25. The zero-order valence-corrected chi connectivity index (χ0v) is 22.0. The van der Waals surface area contributed by atoms with Gasteiger partial charge in [0, 0.05) is 22.9 Å². The molecule has 2 aromatic heterocycles. The smallest absolute Gasteiger partial charge is 0.146 e. The van der Waals surface area contributed by atoms with Crippen LogP contribution in [0.3, 0.4) is 0 Å². The molecule has 192 valence electrons. The van der Waals surface area contributed by atoms with Gasteiger partial charge in [0.15, 0.2) is 0 Å². The fraction of sp³-hybridized carbons (Fsp3) is 0.0278. The molecule has 0 bridgehead atoms. The molecular formula is C36H28N4. The highest BCUT2D eigenvalue weighted by Gasteiger charge is 2.19. The molecule has 40 heavy (non-hydrogen) atoms. The van der Waals surface area contributed by atoms with E-state index in [1.165, 1.54) is 10.8 Å². The van der Waals surface area contributed by atoms with Crippen molar-refractivity contribution in [2.24, 2.45) is 5.73 Å². The molecule has 0 spiro atoms. The molecule has 0 saturated carbocycles. The number of nitrogens with zero attached hydrogens (tertiary/aromatic N) is 2. The normalized spacial score (nSPS) is 12.4. The lowest BCUT2D eigenvalue weighted by Crippen LogP contribution is -1.97. The summed E-state index contributed by atoms with van der Waals surface area (Å²) >= 11 is 0. The van der Waals surface area contributed by atoms with Crippen LogP contribution in [-0.4, -0.2) is 15.9 Å². The van der Waals surface area contributed by atoms with E-state index in [9.17, 15) is 0 Å². The van der Waals surface area contributed by atoms with Crippen LogP contribution >= 0.6 is 0 Å². The molecule has 5 aromatic carbocycles. The number of rotatable bonds is 5. The van der Waals surface area contributed by atoms with Crippen LogP contribution in [0.25, 0.3) is 55.1 Å². The van der Waals surface area contributed by atoms with Gasteiger partial charge in [-0.05, 0) is 39.8 Å². The average molecular weight is 517 g/mol. The SMILES string of the molecule is NC/C=C\C=C(c1ccccc1)c1ccccc1-c1ccc2c(nc3c4ccccc4c4ccccc4n23)c1N. The molecule has 4 heteroatoms. The van der Waals surface area contributed by atoms with Crippen molar-refractivity contribution >= 4 is 49.6 Å². The number of nitrogens with two attached hydrogens (primary N) is 2. The number of benzene rings is 5. The Bertz CT molecular complexity index is 2100. The third-order valence-electron chi connectivity index (χ3n) is 7.60. The van der Waals surface area contributed by atoms with Gasteiger partial charge in [0.25, 0.3) is 0 Å². The van der Waals surface area contributed by atoms with Crippen LogP contribution in [0.1, 0.15) is 11.1 Å². The number of hydrogen-bond acceptors (Lipinski definition) is 3. The molecular weight excluding hydrogens is 488 g/mol. The fourth-order valence-corrected chi connectivity index (χ4v) is 5.79. The van der Waals surface area contributed by atoms with Crippen molar-refractivity contribution in [1.82, 2.24) is 9.38 Å². The van der Waals surface area contributed by atoms with Crippen molar-refractivity contribution in [3.8, 4) is 11.1 Å². The molecule has 0 amide bonds. The Hall–Kier alpha value is -5.19. The Morgan fingerprint density at radius 1 is 0.675 bits per heavy atom. The Labute approximate surface area is 232 Å². The summed E-state index contributed by atoms with van der Waals surface area (Å²) in [6, 6.07) is 40.1. The van der Waals surface area contributed by atoms with Gasteiger partial charge in [0.2, 0.25) is 0 Å². The van der Waals surface area contributed by atoms with Crippen LogP contribution in [-0.2, 0) is 0 Å². The van der Waals surface area contributed by atoms with Crippen LogP contribution in [0.4, 0.5) is 5.69 Å². The number of aromatic nitrogens is 2. The minimum Gasteiger partial charge on any atom is -0.396 e. The molecule has 7 aromatic rings. The maximum absolute atomic E-state index is 7.01. The van der Waals surface area contributed by atoms with Gasteiger partial charge < -0.3 is 11.5 Å². The summed E-state index contributed by atoms with van der Waals surface area (Å²) in [4.78, 5) is 5.17. The van der Waals surface area contributed by atoms with E-state index < -0.39 is 0 Å². The second kappa shape index (κ2) is 9.84. The summed E-state index contributed by atoms with van der Waals surface area (Å²) < 4.78 is 2.24. The Kier molecular flexibility index (Phi) is 5.88. The highest BCUT2D eigenvalue weighted by molar-refractivity contribution is 6.15. The molecule has 2 heterocycles. The third-order valence-corrected chi connectivity index (χ3v) is 7.60. The van der Waals surface area contributed by atoms with E-state index >= 15 is 0 Å². The predicted molar refractivity (Wildman–Crippen MR) is 169 cm³/mol. The molecule has 0 saturated heterocycles. The standard InChI is InChI=1S/C36H28N4/c37-23-11-10-14-25(24-12-2-1-3-13-24)26-15-4-5-16-27(26)30-21-22-33-35(34(30)38)39-36-31-19-7-6-17-28(31)29-18-8-9-20-32(29)40(33)36/h1-22H,23,37-38H2/b11-10-,25-14?. The van der Waals surface area contributed by atoms with Crippen molar-refractivity contribution in [3.05, 3.63) is 145 Å². The van der Waals surface area contributed by atoms with Crippen molar-refractivity contribution < 1.29 is 0 Å². The highest BCUT2D eigenvalue weighted by Crippen LogP contribution is 2.40. The lowest BCUT2D eigenvalue weighted by Gasteiger charge is -2.15. The van der Waals surface area contributed by atoms with Gasteiger partial charge >= 0.3 is 0 Å². The Morgan fingerprint density at radius 2 is 1.38 bits per heavy atom. The number of anilines is 1. The van der Waals surface area contributed by atoms with Gasteiger partial charge in [-0.1, -0.05) is 121 Å². The second-order valence-corrected chi connectivity index (χ2v) is 9.88. The summed E-state index contributed by atoms with van der Waals surface area (Å²) in [7, 11) is 0. The molecule has 0 fully saturated rings. The second-order valence-electron chi connectivity index (χ2n) is 9.88. The van der Waals surface area contributed by atoms with Crippen LogP contribution in [0, 0.1) is 0 Å². The molecule has 0 aliphatic rings. The van der Waals surface area contributed by atoms with E-state index in [2.05, 4.69) is 120 Å². The summed E-state index contributed by atoms with van der Waals surface area (Å²) in [5, 5.41) is 3.49. The summed E-state index contributed by atoms with van der Waals surface area (Å²) in [6.45, 7) is 0.487. The lowest BCUT2D eigenvalue weighted by atomic mass is 9.89. The van der Waals surface area contributed by atoms with Crippen LogP contribution in [0.5, 0.6) is 0 Å². The van der Waals surface area contributed by atoms with E-state index in [0.29, 0.717) is 12.2 Å². The largest absolute Gasteiger partial charge is 0.396 e. The number of pyridine rings is 1. The van der Waals surface area contributed by atoms with Crippen molar-refractivity contribution in [3.63, 3.8) is 0 Å². The molecule has 7 rings (SSSR count). The number of hydrogen-bond donors (Lipinski definition) is 2. The minimum absolute atomic E-state index is 0.487. The zero-order valence-electron chi connectivity index (χ0n) is 22.0. The number of imidazole rings is 1. The fourth-order valence-electron chi connectivity index (χ4n) is 5.79. The van der Waals surface area contributed by atoms with Crippen molar-refractivity contribution in [2.75, 3.05) is 12.3 Å². The maximum Gasteiger partial charge on any atom is 0.146 e. The minimum atomic E-state index is 0.487. The van der Waals surface area contributed by atoms with Crippen LogP contribution in [0.2, 0.25) is 0 Å². The van der Waals surface area contributed by atoms with Crippen molar-refractivity contribution in [1.29, 1.82) is 0 Å².